The van der Waals surface area contributed by atoms with Crippen LogP contribution in [0, 0.1) is 11.6 Å². The molecule has 1 saturated carbocycles. The number of halogens is 2. The third kappa shape index (κ3) is 4.86. The Morgan fingerprint density at radius 1 is 1.29 bits per heavy atom. The van der Waals surface area contributed by atoms with Gasteiger partial charge < -0.3 is 9.84 Å². The van der Waals surface area contributed by atoms with Crippen molar-refractivity contribution in [1.82, 2.24) is 4.98 Å². The molecule has 4 nitrogen and oxygen atoms in total. The molecule has 0 spiro atoms. The quantitative estimate of drug-likeness (QED) is 0.628. The van der Waals surface area contributed by atoms with E-state index in [1.807, 2.05) is 0 Å². The van der Waals surface area contributed by atoms with E-state index in [-0.39, 0.29) is 18.1 Å². The number of benzene rings is 1. The highest BCUT2D eigenvalue weighted by Crippen LogP contribution is 2.35. The predicted octanol–water partition coefficient (Wildman–Crippen LogP) is 5.71. The van der Waals surface area contributed by atoms with Crippen molar-refractivity contribution in [3.8, 4) is 17.0 Å². The smallest absolute Gasteiger partial charge is 0.303 e. The minimum absolute atomic E-state index is 0.00343. The predicted molar refractivity (Wildman–Crippen MR) is 102 cm³/mol. The van der Waals surface area contributed by atoms with E-state index >= 15 is 0 Å². The maximum absolute atomic E-state index is 14.8. The van der Waals surface area contributed by atoms with Crippen molar-refractivity contribution in [1.29, 1.82) is 0 Å². The maximum atomic E-state index is 14.8. The Bertz CT molecular complexity index is 811. The van der Waals surface area contributed by atoms with Gasteiger partial charge in [-0.15, -0.1) is 0 Å². The minimum atomic E-state index is -0.908. The molecule has 0 aliphatic heterocycles. The molecule has 1 atom stereocenters. The maximum Gasteiger partial charge on any atom is 0.303 e. The summed E-state index contributed by atoms with van der Waals surface area (Å²) in [4.78, 5) is 14.9. The average molecular weight is 389 g/mol. The first-order valence-electron chi connectivity index (χ1n) is 9.78. The van der Waals surface area contributed by atoms with Gasteiger partial charge in [0.15, 0.2) is 0 Å². The molecule has 1 N–H and O–H groups in total. The fourth-order valence-corrected chi connectivity index (χ4v) is 3.78. The first-order chi connectivity index (χ1) is 13.5. The second-order valence-corrected chi connectivity index (χ2v) is 7.42. The highest BCUT2D eigenvalue weighted by molar-refractivity contribution is 5.69. The number of hydrogen-bond acceptors (Lipinski definition) is 3. The lowest BCUT2D eigenvalue weighted by Crippen LogP contribution is -2.12. The molecule has 3 rings (SSSR count). The molecule has 0 saturated heterocycles. The number of nitrogens with zero attached hydrogens (tertiary/aromatic N) is 1. The van der Waals surface area contributed by atoms with Crippen molar-refractivity contribution >= 4 is 5.97 Å². The summed E-state index contributed by atoms with van der Waals surface area (Å²) in [5.41, 5.74) is 0.950. The van der Waals surface area contributed by atoms with Gasteiger partial charge in [0, 0.05) is 23.7 Å². The van der Waals surface area contributed by atoms with Crippen LogP contribution in [0.2, 0.25) is 0 Å². The van der Waals surface area contributed by atoms with E-state index in [1.54, 1.807) is 25.3 Å². The first kappa shape index (κ1) is 20.2. The van der Waals surface area contributed by atoms with Gasteiger partial charge in [-0.2, -0.15) is 0 Å². The van der Waals surface area contributed by atoms with Crippen LogP contribution in [-0.4, -0.2) is 22.2 Å². The zero-order valence-corrected chi connectivity index (χ0v) is 16.0. The summed E-state index contributed by atoms with van der Waals surface area (Å²) >= 11 is 0. The van der Waals surface area contributed by atoms with Crippen LogP contribution in [-0.2, 0) is 4.79 Å². The fraction of sp³-hybridized carbons (Fsp3) is 0.455. The van der Waals surface area contributed by atoms with E-state index in [1.165, 1.54) is 12.1 Å². The molecule has 1 unspecified atom stereocenters. The summed E-state index contributed by atoms with van der Waals surface area (Å²) in [7, 11) is 0. The standard InChI is InChI=1S/C22H25F2NO3/c1-14(6-4-10-20(26)27)21-18(23)12-15(13-19(21)24)17-9-5-11-25-22(17)28-16-7-2-3-8-16/h5,9,11-14,16H,2-4,6-8,10H2,1H3,(H,26,27). The van der Waals surface area contributed by atoms with E-state index in [2.05, 4.69) is 4.98 Å². The van der Waals surface area contributed by atoms with Crippen LogP contribution < -0.4 is 4.74 Å². The highest BCUT2D eigenvalue weighted by atomic mass is 19.1. The number of carbonyl (C=O) groups is 1. The van der Waals surface area contributed by atoms with Gasteiger partial charge in [-0.3, -0.25) is 4.79 Å². The van der Waals surface area contributed by atoms with Gasteiger partial charge in [0.25, 0.3) is 0 Å². The summed E-state index contributed by atoms with van der Waals surface area (Å²) in [6.45, 7) is 1.71. The van der Waals surface area contributed by atoms with E-state index in [0.29, 0.717) is 29.8 Å². The van der Waals surface area contributed by atoms with Gasteiger partial charge in [0.05, 0.1) is 0 Å². The third-order valence-electron chi connectivity index (χ3n) is 5.26. The summed E-state index contributed by atoms with van der Waals surface area (Å²) < 4.78 is 35.5. The number of rotatable bonds is 8. The van der Waals surface area contributed by atoms with E-state index in [0.717, 1.165) is 25.7 Å². The Morgan fingerprint density at radius 2 is 1.96 bits per heavy atom. The van der Waals surface area contributed by atoms with Crippen LogP contribution in [0.25, 0.3) is 11.1 Å². The molecule has 1 aliphatic rings. The molecule has 150 valence electrons. The van der Waals surface area contributed by atoms with Crippen LogP contribution in [0.4, 0.5) is 8.78 Å². The van der Waals surface area contributed by atoms with Crippen LogP contribution in [0.1, 0.15) is 63.4 Å². The highest BCUT2D eigenvalue weighted by Gasteiger charge is 2.22. The number of pyridine rings is 1. The molecule has 1 aromatic carbocycles. The van der Waals surface area contributed by atoms with E-state index in [4.69, 9.17) is 9.84 Å². The van der Waals surface area contributed by atoms with Crippen molar-refractivity contribution in [2.75, 3.05) is 0 Å². The second-order valence-electron chi connectivity index (χ2n) is 7.42. The molecule has 2 aromatic rings. The molecule has 0 amide bonds. The minimum Gasteiger partial charge on any atom is -0.481 e. The number of aliphatic carboxylic acids is 1. The number of hydrogen-bond donors (Lipinski definition) is 1. The van der Waals surface area contributed by atoms with Gasteiger partial charge in [0.1, 0.15) is 17.7 Å². The molecule has 6 heteroatoms. The van der Waals surface area contributed by atoms with Crippen LogP contribution in [0.3, 0.4) is 0 Å². The molecular weight excluding hydrogens is 364 g/mol. The van der Waals surface area contributed by atoms with Crippen LogP contribution >= 0.6 is 0 Å². The van der Waals surface area contributed by atoms with Crippen molar-refractivity contribution in [3.63, 3.8) is 0 Å². The molecule has 28 heavy (non-hydrogen) atoms. The fourth-order valence-electron chi connectivity index (χ4n) is 3.78. The van der Waals surface area contributed by atoms with Gasteiger partial charge >= 0.3 is 5.97 Å². The number of aromatic nitrogens is 1. The summed E-state index contributed by atoms with van der Waals surface area (Å²) in [5, 5.41) is 8.73. The second kappa shape index (κ2) is 9.13. The van der Waals surface area contributed by atoms with Gasteiger partial charge in [0.2, 0.25) is 5.88 Å². The molecule has 1 heterocycles. The zero-order valence-electron chi connectivity index (χ0n) is 16.0. The van der Waals surface area contributed by atoms with Gasteiger partial charge in [-0.25, -0.2) is 13.8 Å². The summed E-state index contributed by atoms with van der Waals surface area (Å²) in [6, 6.07) is 6.09. The third-order valence-corrected chi connectivity index (χ3v) is 5.26. The van der Waals surface area contributed by atoms with Gasteiger partial charge in [-0.1, -0.05) is 6.92 Å². The Hall–Kier alpha value is -2.50. The monoisotopic (exact) mass is 389 g/mol. The lowest BCUT2D eigenvalue weighted by Gasteiger charge is -2.17. The Kier molecular flexibility index (Phi) is 6.60. The van der Waals surface area contributed by atoms with Crippen molar-refractivity contribution in [3.05, 3.63) is 47.7 Å². The van der Waals surface area contributed by atoms with E-state index < -0.39 is 23.5 Å². The largest absolute Gasteiger partial charge is 0.481 e. The Balaban J connectivity index is 1.83. The lowest BCUT2D eigenvalue weighted by atomic mass is 9.92. The van der Waals surface area contributed by atoms with E-state index in [9.17, 15) is 13.6 Å². The van der Waals surface area contributed by atoms with Crippen molar-refractivity contribution < 1.29 is 23.4 Å². The van der Waals surface area contributed by atoms with Gasteiger partial charge in [-0.05, 0) is 74.3 Å². The topological polar surface area (TPSA) is 59.4 Å². The summed E-state index contributed by atoms with van der Waals surface area (Å²) in [6.07, 6.45) is 6.63. The zero-order chi connectivity index (χ0) is 20.1. The first-order valence-corrected chi connectivity index (χ1v) is 9.78. The SMILES string of the molecule is CC(CCCC(=O)O)c1c(F)cc(-c2cccnc2OC2CCCC2)cc1F. The molecular formula is C22H25F2NO3. The molecule has 1 aromatic heterocycles. The number of carboxylic acid groups (broad SMARTS) is 1. The van der Waals surface area contributed by atoms with Crippen molar-refractivity contribution in [2.45, 2.75) is 63.9 Å². The molecule has 0 bridgehead atoms. The van der Waals surface area contributed by atoms with Crippen molar-refractivity contribution in [2.24, 2.45) is 0 Å². The van der Waals surface area contributed by atoms with Crippen LogP contribution in [0.5, 0.6) is 5.88 Å². The van der Waals surface area contributed by atoms with Crippen LogP contribution in [0.15, 0.2) is 30.5 Å². The number of carboxylic acids is 1. The lowest BCUT2D eigenvalue weighted by molar-refractivity contribution is -0.137. The molecule has 1 fully saturated rings. The Morgan fingerprint density at radius 3 is 2.61 bits per heavy atom. The average Bonchev–Trinajstić information content (AvgIpc) is 3.14. The molecule has 0 radical (unpaired) electrons. The summed E-state index contributed by atoms with van der Waals surface area (Å²) in [5.74, 6) is -2.18. The molecule has 1 aliphatic carbocycles. The Labute approximate surface area is 163 Å². The number of ether oxygens (including phenoxy) is 1. The normalized spacial score (nSPS) is 15.5.